The molecule has 4 rings (SSSR count). The van der Waals surface area contributed by atoms with Crippen molar-refractivity contribution in [3.63, 3.8) is 0 Å². The van der Waals surface area contributed by atoms with Gasteiger partial charge in [-0.1, -0.05) is 26.0 Å². The zero-order valence-electron chi connectivity index (χ0n) is 17.4. The first-order chi connectivity index (χ1) is 14.2. The van der Waals surface area contributed by atoms with Gasteiger partial charge in [-0.05, 0) is 42.4 Å². The number of ether oxygens (including phenoxy) is 2. The molecule has 3 saturated heterocycles. The van der Waals surface area contributed by atoms with Gasteiger partial charge in [-0.2, -0.15) is 0 Å². The lowest BCUT2D eigenvalue weighted by molar-refractivity contribution is -0.274. The number of nitrogens with zero attached hydrogens (tertiary/aromatic N) is 2. The molecule has 1 amide bonds. The third kappa shape index (κ3) is 4.59. The van der Waals surface area contributed by atoms with E-state index in [-0.39, 0.29) is 29.8 Å². The first-order valence-electron chi connectivity index (χ1n) is 10.7. The van der Waals surface area contributed by atoms with E-state index < -0.39 is 6.36 Å². The molecular formula is C22H29F3N2O3. The molecule has 166 valence electrons. The fraction of sp³-hybridized carbons (Fsp3) is 0.682. The number of rotatable bonds is 4. The molecule has 0 spiro atoms. The van der Waals surface area contributed by atoms with E-state index in [1.165, 1.54) is 12.1 Å². The van der Waals surface area contributed by atoms with Crippen molar-refractivity contribution in [2.24, 2.45) is 11.8 Å². The number of carbonyl (C=O) groups is 1. The number of morpholine rings is 1. The monoisotopic (exact) mass is 426 g/mol. The van der Waals surface area contributed by atoms with Crippen molar-refractivity contribution in [2.75, 3.05) is 19.7 Å². The number of piperidine rings is 1. The SMILES string of the molecule is CC(C)[C@H]1COC2CCN(Cc3ccc(OC(F)(F)F)cc3)C[C@H]3CCC(=O)N1C23. The number of likely N-dealkylation sites (tertiary alicyclic amines) is 1. The maximum atomic E-state index is 12.8. The Morgan fingerprint density at radius 3 is 2.60 bits per heavy atom. The van der Waals surface area contributed by atoms with Crippen LogP contribution in [-0.2, 0) is 16.1 Å². The van der Waals surface area contributed by atoms with Crippen LogP contribution in [0.1, 0.15) is 38.7 Å². The van der Waals surface area contributed by atoms with E-state index in [2.05, 4.69) is 28.4 Å². The molecule has 1 aromatic rings. The summed E-state index contributed by atoms with van der Waals surface area (Å²) in [6.45, 7) is 7.23. The highest BCUT2D eigenvalue weighted by Crippen LogP contribution is 2.38. The van der Waals surface area contributed by atoms with Crippen molar-refractivity contribution < 1.29 is 27.4 Å². The van der Waals surface area contributed by atoms with Crippen LogP contribution >= 0.6 is 0 Å². The third-order valence-electron chi connectivity index (χ3n) is 6.60. The number of halogens is 3. The smallest absolute Gasteiger partial charge is 0.406 e. The average molecular weight is 426 g/mol. The molecule has 3 aliphatic rings. The van der Waals surface area contributed by atoms with Gasteiger partial charge in [0.15, 0.2) is 0 Å². The second-order valence-corrected chi connectivity index (χ2v) is 8.99. The highest BCUT2D eigenvalue weighted by molar-refractivity contribution is 5.78. The van der Waals surface area contributed by atoms with Gasteiger partial charge in [-0.25, -0.2) is 0 Å². The summed E-state index contributed by atoms with van der Waals surface area (Å²) in [4.78, 5) is 17.2. The molecule has 5 nitrogen and oxygen atoms in total. The molecule has 0 N–H and O–H groups in total. The van der Waals surface area contributed by atoms with Crippen molar-refractivity contribution in [3.05, 3.63) is 29.8 Å². The summed E-state index contributed by atoms with van der Waals surface area (Å²) in [6, 6.07) is 6.34. The largest absolute Gasteiger partial charge is 0.573 e. The van der Waals surface area contributed by atoms with Crippen molar-refractivity contribution in [1.29, 1.82) is 0 Å². The molecule has 0 saturated carbocycles. The quantitative estimate of drug-likeness (QED) is 0.734. The normalized spacial score (nSPS) is 30.2. The number of amides is 1. The molecule has 2 unspecified atom stereocenters. The van der Waals surface area contributed by atoms with Crippen LogP contribution < -0.4 is 4.74 Å². The average Bonchev–Trinajstić information content (AvgIpc) is 2.85. The molecule has 3 aliphatic heterocycles. The van der Waals surface area contributed by atoms with Crippen LogP contribution in [0, 0.1) is 11.8 Å². The lowest BCUT2D eigenvalue weighted by Crippen LogP contribution is -2.65. The molecule has 0 aromatic heterocycles. The van der Waals surface area contributed by atoms with Crippen molar-refractivity contribution in [2.45, 2.75) is 64.2 Å². The minimum absolute atomic E-state index is 0.0572. The predicted octanol–water partition coefficient (Wildman–Crippen LogP) is 3.82. The molecule has 8 heteroatoms. The summed E-state index contributed by atoms with van der Waals surface area (Å²) in [6.07, 6.45) is -2.33. The van der Waals surface area contributed by atoms with Crippen LogP contribution in [0.4, 0.5) is 13.2 Å². The third-order valence-corrected chi connectivity index (χ3v) is 6.60. The minimum Gasteiger partial charge on any atom is -0.406 e. The summed E-state index contributed by atoms with van der Waals surface area (Å²) in [5.41, 5.74) is 0.944. The minimum atomic E-state index is -4.68. The molecule has 4 atom stereocenters. The zero-order chi connectivity index (χ0) is 21.5. The van der Waals surface area contributed by atoms with Gasteiger partial charge in [0.25, 0.3) is 0 Å². The van der Waals surface area contributed by atoms with Crippen LogP contribution in [0.5, 0.6) is 5.75 Å². The molecule has 3 heterocycles. The number of benzene rings is 1. The summed E-state index contributed by atoms with van der Waals surface area (Å²) in [5.74, 6) is 0.745. The lowest BCUT2D eigenvalue weighted by Gasteiger charge is -2.52. The molecule has 3 fully saturated rings. The number of hydrogen-bond donors (Lipinski definition) is 0. The Kier molecular flexibility index (Phi) is 5.99. The molecule has 1 aromatic carbocycles. The van der Waals surface area contributed by atoms with Gasteiger partial charge in [0.1, 0.15) is 5.75 Å². The molecule has 0 radical (unpaired) electrons. The first kappa shape index (κ1) is 21.4. The highest BCUT2D eigenvalue weighted by Gasteiger charge is 2.49. The Bertz CT molecular complexity index is 753. The molecule has 0 bridgehead atoms. The van der Waals surface area contributed by atoms with Gasteiger partial charge >= 0.3 is 6.36 Å². The maximum absolute atomic E-state index is 12.8. The van der Waals surface area contributed by atoms with E-state index in [1.807, 2.05) is 0 Å². The Balaban J connectivity index is 1.45. The first-order valence-corrected chi connectivity index (χ1v) is 10.7. The summed E-state index contributed by atoms with van der Waals surface area (Å²) < 4.78 is 47.3. The van der Waals surface area contributed by atoms with E-state index in [0.717, 1.165) is 31.5 Å². The van der Waals surface area contributed by atoms with E-state index in [9.17, 15) is 18.0 Å². The van der Waals surface area contributed by atoms with E-state index >= 15 is 0 Å². The Hall–Kier alpha value is -1.80. The number of hydrogen-bond acceptors (Lipinski definition) is 4. The van der Waals surface area contributed by atoms with Crippen molar-refractivity contribution in [3.8, 4) is 5.75 Å². The summed E-state index contributed by atoms with van der Waals surface area (Å²) >= 11 is 0. The van der Waals surface area contributed by atoms with Crippen LogP contribution in [0.15, 0.2) is 24.3 Å². The zero-order valence-corrected chi connectivity index (χ0v) is 17.4. The molecular weight excluding hydrogens is 397 g/mol. The highest BCUT2D eigenvalue weighted by atomic mass is 19.4. The second kappa shape index (κ2) is 8.38. The summed E-state index contributed by atoms with van der Waals surface area (Å²) in [5, 5.41) is 0. The topological polar surface area (TPSA) is 42.0 Å². The van der Waals surface area contributed by atoms with Gasteiger partial charge in [0.05, 0.1) is 24.8 Å². The van der Waals surface area contributed by atoms with Crippen molar-refractivity contribution >= 4 is 5.91 Å². The van der Waals surface area contributed by atoms with Crippen LogP contribution in [-0.4, -0.2) is 60.0 Å². The standard InChI is InChI=1S/C22H29F3N2O3/c1-14(2)18-13-29-19-9-10-26(12-16-5-8-20(28)27(18)21(16)19)11-15-3-6-17(7-4-15)30-22(23,24)25/h3-4,6-7,14,16,18-19,21H,5,8-13H2,1-2H3/t16-,18-,19?,21?/m1/s1. The lowest BCUT2D eigenvalue weighted by atomic mass is 9.81. The maximum Gasteiger partial charge on any atom is 0.573 e. The molecule has 30 heavy (non-hydrogen) atoms. The van der Waals surface area contributed by atoms with E-state index in [0.29, 0.717) is 31.4 Å². The van der Waals surface area contributed by atoms with Gasteiger partial charge < -0.3 is 14.4 Å². The second-order valence-electron chi connectivity index (χ2n) is 8.99. The predicted molar refractivity (Wildman–Crippen MR) is 105 cm³/mol. The van der Waals surface area contributed by atoms with Gasteiger partial charge in [0, 0.05) is 26.1 Å². The summed E-state index contributed by atoms with van der Waals surface area (Å²) in [7, 11) is 0. The van der Waals surface area contributed by atoms with Crippen LogP contribution in [0.25, 0.3) is 0 Å². The van der Waals surface area contributed by atoms with Crippen LogP contribution in [0.3, 0.4) is 0 Å². The Labute approximate surface area is 175 Å². The fourth-order valence-electron chi connectivity index (χ4n) is 5.19. The number of alkyl halides is 3. The Morgan fingerprint density at radius 1 is 1.20 bits per heavy atom. The van der Waals surface area contributed by atoms with Crippen molar-refractivity contribution in [1.82, 2.24) is 9.80 Å². The van der Waals surface area contributed by atoms with E-state index in [4.69, 9.17) is 4.74 Å². The van der Waals surface area contributed by atoms with Gasteiger partial charge in [-0.15, -0.1) is 13.2 Å². The van der Waals surface area contributed by atoms with Gasteiger partial charge in [0.2, 0.25) is 5.91 Å². The van der Waals surface area contributed by atoms with Gasteiger partial charge in [-0.3, -0.25) is 9.69 Å². The Morgan fingerprint density at radius 2 is 1.93 bits per heavy atom. The van der Waals surface area contributed by atoms with E-state index in [1.54, 1.807) is 12.1 Å². The fourth-order valence-corrected chi connectivity index (χ4v) is 5.19. The number of carbonyl (C=O) groups excluding carboxylic acids is 1. The molecule has 0 aliphatic carbocycles. The van der Waals surface area contributed by atoms with Crippen LogP contribution in [0.2, 0.25) is 0 Å².